The first kappa shape index (κ1) is 7.50. The second-order valence-corrected chi connectivity index (χ2v) is 2.46. The van der Waals surface area contributed by atoms with Gasteiger partial charge < -0.3 is 15.1 Å². The second kappa shape index (κ2) is 2.98. The number of piperidine rings is 1. The molecule has 2 atom stereocenters. The third-order valence-corrected chi connectivity index (χ3v) is 1.68. The normalized spacial score (nSPS) is 34.0. The predicted octanol–water partition coefficient (Wildman–Crippen LogP) is -1.52. The van der Waals surface area contributed by atoms with Crippen molar-refractivity contribution in [3.05, 3.63) is 0 Å². The molecule has 4 nitrogen and oxygen atoms in total. The van der Waals surface area contributed by atoms with Gasteiger partial charge in [0.2, 0.25) is 0 Å². The van der Waals surface area contributed by atoms with Crippen LogP contribution in [-0.4, -0.2) is 46.8 Å². The summed E-state index contributed by atoms with van der Waals surface area (Å²) in [6, 6.07) is 0. The summed E-state index contributed by atoms with van der Waals surface area (Å²) in [4.78, 5) is 11.4. The first-order chi connectivity index (χ1) is 4.74. The Labute approximate surface area is 59.1 Å². The Morgan fingerprint density at radius 2 is 2.10 bits per heavy atom. The molecule has 1 fully saturated rings. The summed E-state index contributed by atoms with van der Waals surface area (Å²) in [5.41, 5.74) is 0. The van der Waals surface area contributed by atoms with E-state index in [0.29, 0.717) is 13.0 Å². The van der Waals surface area contributed by atoms with Gasteiger partial charge in [-0.3, -0.25) is 4.79 Å². The zero-order valence-corrected chi connectivity index (χ0v) is 5.53. The maximum atomic E-state index is 10.0. The molecule has 1 rings (SSSR count). The lowest BCUT2D eigenvalue weighted by atomic mass is 10.1. The summed E-state index contributed by atoms with van der Waals surface area (Å²) in [5.74, 6) is 0. The van der Waals surface area contributed by atoms with Crippen LogP contribution in [0.1, 0.15) is 6.42 Å². The van der Waals surface area contributed by atoms with Crippen LogP contribution in [0.5, 0.6) is 0 Å². The van der Waals surface area contributed by atoms with E-state index in [4.69, 9.17) is 10.2 Å². The molecule has 4 heteroatoms. The van der Waals surface area contributed by atoms with Crippen molar-refractivity contribution in [1.29, 1.82) is 0 Å². The van der Waals surface area contributed by atoms with E-state index in [-0.39, 0.29) is 6.54 Å². The van der Waals surface area contributed by atoms with E-state index in [1.807, 2.05) is 0 Å². The number of aliphatic hydroxyl groups excluding tert-OH is 2. The van der Waals surface area contributed by atoms with Crippen molar-refractivity contribution in [2.45, 2.75) is 18.6 Å². The van der Waals surface area contributed by atoms with E-state index < -0.39 is 12.2 Å². The highest BCUT2D eigenvalue weighted by molar-refractivity contribution is 5.48. The number of β-amino-alcohol motifs (C(OH)–C–C–N with tert-alkyl or cyclic N) is 1. The quantitative estimate of drug-likeness (QED) is 0.470. The van der Waals surface area contributed by atoms with Gasteiger partial charge in [0.25, 0.3) is 0 Å². The maximum Gasteiger partial charge on any atom is 0.312 e. The van der Waals surface area contributed by atoms with Crippen molar-refractivity contribution in [3.8, 4) is 0 Å². The minimum Gasteiger partial charge on any atom is -0.390 e. The van der Waals surface area contributed by atoms with Gasteiger partial charge >= 0.3 is 6.41 Å². The van der Waals surface area contributed by atoms with Gasteiger partial charge in [0.15, 0.2) is 0 Å². The number of rotatable bonds is 1. The van der Waals surface area contributed by atoms with Crippen LogP contribution in [0.4, 0.5) is 0 Å². The molecule has 10 heavy (non-hydrogen) atoms. The second-order valence-electron chi connectivity index (χ2n) is 2.46. The van der Waals surface area contributed by atoms with E-state index in [2.05, 4.69) is 0 Å². The van der Waals surface area contributed by atoms with Crippen LogP contribution in [-0.2, 0) is 4.79 Å². The standard InChI is InChI=1S/C6H10NO3/c8-4-7-2-1-5(9)6(10)3-7/h5-6,9-10H,1-3H2. The largest absolute Gasteiger partial charge is 0.390 e. The van der Waals surface area contributed by atoms with Crippen LogP contribution in [0.2, 0.25) is 0 Å². The molecule has 2 unspecified atom stereocenters. The van der Waals surface area contributed by atoms with E-state index in [0.717, 1.165) is 0 Å². The molecule has 0 aromatic rings. The Balaban J connectivity index is 2.40. The zero-order valence-electron chi connectivity index (χ0n) is 5.53. The van der Waals surface area contributed by atoms with Crippen molar-refractivity contribution in [2.24, 2.45) is 0 Å². The van der Waals surface area contributed by atoms with E-state index >= 15 is 0 Å². The minimum atomic E-state index is -0.796. The highest BCUT2D eigenvalue weighted by Crippen LogP contribution is 2.08. The van der Waals surface area contributed by atoms with Gasteiger partial charge in [-0.05, 0) is 6.42 Å². The number of aliphatic hydroxyl groups is 2. The van der Waals surface area contributed by atoms with Crippen LogP contribution in [0.3, 0.4) is 0 Å². The topological polar surface area (TPSA) is 60.8 Å². The lowest BCUT2D eigenvalue weighted by Crippen LogP contribution is -2.45. The third-order valence-electron chi connectivity index (χ3n) is 1.68. The molecule has 0 saturated carbocycles. The number of nitrogens with zero attached hydrogens (tertiary/aromatic N) is 1. The average molecular weight is 144 g/mol. The maximum absolute atomic E-state index is 10.0. The van der Waals surface area contributed by atoms with Gasteiger partial charge in [-0.15, -0.1) is 0 Å². The highest BCUT2D eigenvalue weighted by Gasteiger charge is 2.24. The number of hydrogen-bond acceptors (Lipinski definition) is 3. The molecule has 0 spiro atoms. The van der Waals surface area contributed by atoms with Crippen LogP contribution >= 0.6 is 0 Å². The number of hydrogen-bond donors (Lipinski definition) is 2. The Hall–Kier alpha value is -0.610. The monoisotopic (exact) mass is 144 g/mol. The van der Waals surface area contributed by atoms with Crippen molar-refractivity contribution >= 4 is 6.41 Å². The average Bonchev–Trinajstić information content (AvgIpc) is 1.95. The molecular formula is C6H10NO3. The summed E-state index contributed by atoms with van der Waals surface area (Å²) in [5, 5.41) is 18.0. The minimum absolute atomic E-state index is 0.199. The predicted molar refractivity (Wildman–Crippen MR) is 33.9 cm³/mol. The molecule has 1 aliphatic rings. The fraction of sp³-hybridized carbons (Fsp3) is 0.833. The fourth-order valence-corrected chi connectivity index (χ4v) is 1.00. The molecule has 1 heterocycles. The van der Waals surface area contributed by atoms with Crippen LogP contribution < -0.4 is 0 Å². The number of carbonyl (C=O) groups excluding carboxylic acids is 1. The summed E-state index contributed by atoms with van der Waals surface area (Å²) in [6.07, 6.45) is 0.636. The lowest BCUT2D eigenvalue weighted by Gasteiger charge is -2.29. The molecule has 1 amide bonds. The molecule has 0 aromatic heterocycles. The smallest absolute Gasteiger partial charge is 0.312 e. The number of amides is 1. The van der Waals surface area contributed by atoms with E-state index in [1.165, 1.54) is 4.90 Å². The molecule has 0 aromatic carbocycles. The molecule has 1 radical (unpaired) electrons. The van der Waals surface area contributed by atoms with Crippen molar-refractivity contribution in [3.63, 3.8) is 0 Å². The van der Waals surface area contributed by atoms with Gasteiger partial charge in [0.1, 0.15) is 0 Å². The highest BCUT2D eigenvalue weighted by atomic mass is 16.3. The third kappa shape index (κ3) is 1.46. The molecule has 0 aliphatic carbocycles. The van der Waals surface area contributed by atoms with Crippen LogP contribution in [0.25, 0.3) is 0 Å². The first-order valence-corrected chi connectivity index (χ1v) is 3.23. The first-order valence-electron chi connectivity index (χ1n) is 3.23. The SMILES string of the molecule is O=[C]N1CCC(O)C(O)C1. The Kier molecular flexibility index (Phi) is 2.24. The van der Waals surface area contributed by atoms with Gasteiger partial charge in [-0.1, -0.05) is 0 Å². The van der Waals surface area contributed by atoms with Gasteiger partial charge in [0.05, 0.1) is 12.2 Å². The van der Waals surface area contributed by atoms with Crippen LogP contribution in [0.15, 0.2) is 0 Å². The fourth-order valence-electron chi connectivity index (χ4n) is 1.00. The van der Waals surface area contributed by atoms with Crippen LogP contribution in [0, 0.1) is 0 Å². The summed E-state index contributed by atoms with van der Waals surface area (Å²) in [7, 11) is 0. The summed E-state index contributed by atoms with van der Waals surface area (Å²) >= 11 is 0. The molecule has 0 bridgehead atoms. The van der Waals surface area contributed by atoms with Crippen molar-refractivity contribution in [1.82, 2.24) is 4.90 Å². The summed E-state index contributed by atoms with van der Waals surface area (Å²) in [6.45, 7) is 0.687. The summed E-state index contributed by atoms with van der Waals surface area (Å²) < 4.78 is 0. The molecule has 2 N–H and O–H groups in total. The van der Waals surface area contributed by atoms with E-state index in [1.54, 1.807) is 6.41 Å². The zero-order chi connectivity index (χ0) is 7.56. The molecule has 1 aliphatic heterocycles. The Bertz CT molecular complexity index is 128. The van der Waals surface area contributed by atoms with Gasteiger partial charge in [-0.25, -0.2) is 0 Å². The number of likely N-dealkylation sites (tertiary alicyclic amines) is 1. The molecule has 1 saturated heterocycles. The van der Waals surface area contributed by atoms with Crippen molar-refractivity contribution in [2.75, 3.05) is 13.1 Å². The molecule has 57 valence electrons. The Morgan fingerprint density at radius 1 is 1.40 bits per heavy atom. The van der Waals surface area contributed by atoms with Gasteiger partial charge in [-0.2, -0.15) is 0 Å². The Morgan fingerprint density at radius 3 is 2.60 bits per heavy atom. The van der Waals surface area contributed by atoms with E-state index in [9.17, 15) is 4.79 Å². The van der Waals surface area contributed by atoms with Crippen molar-refractivity contribution < 1.29 is 15.0 Å². The van der Waals surface area contributed by atoms with Gasteiger partial charge in [0, 0.05) is 13.1 Å². The molecular weight excluding hydrogens is 134 g/mol. The lowest BCUT2D eigenvalue weighted by molar-refractivity contribution is -0.0225.